The summed E-state index contributed by atoms with van der Waals surface area (Å²) in [6, 6.07) is 24.1. The fourth-order valence-corrected chi connectivity index (χ4v) is 5.09. The van der Waals surface area contributed by atoms with Gasteiger partial charge in [0.05, 0.1) is 19.5 Å². The minimum atomic E-state index is -1.32. The first-order valence-corrected chi connectivity index (χ1v) is 14.7. The van der Waals surface area contributed by atoms with Crippen molar-refractivity contribution in [3.8, 4) is 17.2 Å². The Morgan fingerprint density at radius 3 is 2.26 bits per heavy atom. The number of anilines is 2. The SMILES string of the molecule is COc1ccc(/C=C(/NC(=O)c2ccccc2)C(=O)Nc2cccc(SC(C)C(=O)Nc3ccc(O)c(C(=O)O)c3)c2)c(OC)c1. The number of ether oxygens (including phenoxy) is 2. The summed E-state index contributed by atoms with van der Waals surface area (Å²) in [5, 5.41) is 26.5. The van der Waals surface area contributed by atoms with Gasteiger partial charge in [0.1, 0.15) is 28.5 Å². The molecule has 1 unspecified atom stereocenters. The van der Waals surface area contributed by atoms with Crippen LogP contribution in [0.5, 0.6) is 17.2 Å². The predicted molar refractivity (Wildman–Crippen MR) is 176 cm³/mol. The van der Waals surface area contributed by atoms with Gasteiger partial charge in [0.2, 0.25) is 5.91 Å². The Bertz CT molecular complexity index is 1790. The van der Waals surface area contributed by atoms with Gasteiger partial charge in [0, 0.05) is 33.5 Å². The van der Waals surface area contributed by atoms with Gasteiger partial charge in [-0.15, -0.1) is 11.8 Å². The van der Waals surface area contributed by atoms with Crippen molar-refractivity contribution >= 4 is 52.9 Å². The molecular formula is C34H31N3O8S. The smallest absolute Gasteiger partial charge is 0.339 e. The highest BCUT2D eigenvalue weighted by molar-refractivity contribution is 8.00. The van der Waals surface area contributed by atoms with Crippen molar-refractivity contribution in [3.63, 3.8) is 0 Å². The Morgan fingerprint density at radius 1 is 0.826 bits per heavy atom. The van der Waals surface area contributed by atoms with Gasteiger partial charge in [-0.05, 0) is 73.7 Å². The third-order valence-electron chi connectivity index (χ3n) is 6.54. The Kier molecular flexibility index (Phi) is 11.0. The van der Waals surface area contributed by atoms with E-state index in [2.05, 4.69) is 16.0 Å². The molecule has 0 bridgehead atoms. The lowest BCUT2D eigenvalue weighted by Gasteiger charge is -2.15. The van der Waals surface area contributed by atoms with Crippen molar-refractivity contribution in [2.75, 3.05) is 24.9 Å². The maximum Gasteiger partial charge on any atom is 0.339 e. The number of amides is 3. The van der Waals surface area contributed by atoms with Gasteiger partial charge in [-0.2, -0.15) is 0 Å². The van der Waals surface area contributed by atoms with E-state index >= 15 is 0 Å². The minimum absolute atomic E-state index is 0.0438. The summed E-state index contributed by atoms with van der Waals surface area (Å²) in [6.07, 6.45) is 1.50. The summed E-state index contributed by atoms with van der Waals surface area (Å²) in [6.45, 7) is 1.67. The molecule has 236 valence electrons. The van der Waals surface area contributed by atoms with Crippen LogP contribution in [0.3, 0.4) is 0 Å². The van der Waals surface area contributed by atoms with E-state index in [9.17, 15) is 29.4 Å². The number of carbonyl (C=O) groups excluding carboxylic acids is 3. The molecule has 1 atom stereocenters. The first-order valence-electron chi connectivity index (χ1n) is 13.8. The lowest BCUT2D eigenvalue weighted by atomic mass is 10.1. The molecule has 46 heavy (non-hydrogen) atoms. The van der Waals surface area contributed by atoms with Crippen LogP contribution in [0.1, 0.15) is 33.2 Å². The molecule has 0 saturated carbocycles. The lowest BCUT2D eigenvalue weighted by Crippen LogP contribution is -2.30. The molecule has 0 aliphatic heterocycles. The Hall–Kier alpha value is -5.75. The molecule has 12 heteroatoms. The molecule has 0 saturated heterocycles. The number of carbonyl (C=O) groups is 4. The van der Waals surface area contributed by atoms with Crippen LogP contribution in [0.25, 0.3) is 6.08 Å². The summed E-state index contributed by atoms with van der Waals surface area (Å²) in [5.41, 5.74) is 1.14. The van der Waals surface area contributed by atoms with Gasteiger partial charge >= 0.3 is 5.97 Å². The summed E-state index contributed by atoms with van der Waals surface area (Å²) >= 11 is 1.21. The van der Waals surface area contributed by atoms with Crippen molar-refractivity contribution in [3.05, 3.63) is 113 Å². The number of phenols is 1. The van der Waals surface area contributed by atoms with E-state index in [-0.39, 0.29) is 16.9 Å². The van der Waals surface area contributed by atoms with E-state index in [1.54, 1.807) is 79.7 Å². The highest BCUT2D eigenvalue weighted by atomic mass is 32.2. The van der Waals surface area contributed by atoms with Crippen LogP contribution in [0, 0.1) is 0 Å². The van der Waals surface area contributed by atoms with Crippen LogP contribution in [0.15, 0.2) is 102 Å². The van der Waals surface area contributed by atoms with Gasteiger partial charge in [0.15, 0.2) is 0 Å². The highest BCUT2D eigenvalue weighted by Crippen LogP contribution is 2.29. The molecule has 0 aromatic heterocycles. The summed E-state index contributed by atoms with van der Waals surface area (Å²) in [7, 11) is 3.01. The molecule has 0 spiro atoms. The first-order chi connectivity index (χ1) is 22.1. The number of aromatic hydroxyl groups is 1. The topological polar surface area (TPSA) is 163 Å². The van der Waals surface area contributed by atoms with Crippen molar-refractivity contribution < 1.29 is 38.9 Å². The largest absolute Gasteiger partial charge is 0.507 e. The molecule has 4 rings (SSSR count). The van der Waals surface area contributed by atoms with Crippen LogP contribution in [-0.4, -0.2) is 53.4 Å². The van der Waals surface area contributed by atoms with Gasteiger partial charge < -0.3 is 35.6 Å². The number of carboxylic acids is 1. The Morgan fingerprint density at radius 2 is 1.57 bits per heavy atom. The Labute approximate surface area is 269 Å². The third-order valence-corrected chi connectivity index (χ3v) is 7.63. The maximum absolute atomic E-state index is 13.6. The number of hydrogen-bond acceptors (Lipinski definition) is 8. The Balaban J connectivity index is 1.52. The van der Waals surface area contributed by atoms with Gasteiger partial charge in [0.25, 0.3) is 11.8 Å². The second kappa shape index (κ2) is 15.3. The minimum Gasteiger partial charge on any atom is -0.507 e. The summed E-state index contributed by atoms with van der Waals surface area (Å²) in [4.78, 5) is 51.4. The van der Waals surface area contributed by atoms with Crippen molar-refractivity contribution in [1.29, 1.82) is 0 Å². The second-order valence-corrected chi connectivity index (χ2v) is 11.2. The molecular weight excluding hydrogens is 610 g/mol. The zero-order valence-electron chi connectivity index (χ0n) is 25.1. The van der Waals surface area contributed by atoms with Crippen molar-refractivity contribution in [2.45, 2.75) is 17.1 Å². The third kappa shape index (κ3) is 8.67. The molecule has 0 aliphatic carbocycles. The monoisotopic (exact) mass is 641 g/mol. The zero-order valence-corrected chi connectivity index (χ0v) is 25.9. The lowest BCUT2D eigenvalue weighted by molar-refractivity contribution is -0.115. The molecule has 4 aromatic rings. The van der Waals surface area contributed by atoms with Gasteiger partial charge in [-0.25, -0.2) is 4.79 Å². The van der Waals surface area contributed by atoms with Crippen LogP contribution < -0.4 is 25.4 Å². The normalized spacial score (nSPS) is 11.6. The van der Waals surface area contributed by atoms with E-state index < -0.39 is 34.7 Å². The van der Waals surface area contributed by atoms with Crippen LogP contribution >= 0.6 is 11.8 Å². The number of methoxy groups -OCH3 is 2. The van der Waals surface area contributed by atoms with E-state index in [1.165, 1.54) is 50.3 Å². The molecule has 0 heterocycles. The average Bonchev–Trinajstić information content (AvgIpc) is 3.05. The maximum atomic E-state index is 13.6. The standard InChI is InChI=1S/C34H31N3O8S/c1-20(31(39)35-24-13-15-29(38)27(18-24)34(42)43)46-26-11-7-10-23(17-26)36-33(41)28(37-32(40)21-8-5-4-6-9-21)16-22-12-14-25(44-2)19-30(22)45-3/h4-20,38H,1-3H3,(H,35,39)(H,36,41)(H,37,40)(H,42,43)/b28-16+. The fraction of sp³-hybridized carbons (Fsp3) is 0.118. The quantitative estimate of drug-likeness (QED) is 0.0749. The van der Waals surface area contributed by atoms with E-state index in [0.29, 0.717) is 33.2 Å². The van der Waals surface area contributed by atoms with Crippen LogP contribution in [0.2, 0.25) is 0 Å². The number of rotatable bonds is 12. The molecule has 5 N–H and O–H groups in total. The van der Waals surface area contributed by atoms with E-state index in [1.807, 2.05) is 0 Å². The molecule has 0 radical (unpaired) electrons. The molecule has 4 aromatic carbocycles. The predicted octanol–water partition coefficient (Wildman–Crippen LogP) is 5.64. The average molecular weight is 642 g/mol. The molecule has 3 amide bonds. The molecule has 11 nitrogen and oxygen atoms in total. The van der Waals surface area contributed by atoms with E-state index in [4.69, 9.17) is 9.47 Å². The van der Waals surface area contributed by atoms with Crippen molar-refractivity contribution in [2.24, 2.45) is 0 Å². The first kappa shape index (κ1) is 33.1. The second-order valence-electron chi connectivity index (χ2n) is 9.75. The number of benzene rings is 4. The van der Waals surface area contributed by atoms with E-state index in [0.717, 1.165) is 0 Å². The summed E-state index contributed by atoms with van der Waals surface area (Å²) in [5.74, 6) is -2.24. The molecule has 0 aliphatic rings. The molecule has 0 fully saturated rings. The zero-order chi connectivity index (χ0) is 33.2. The fourth-order valence-electron chi connectivity index (χ4n) is 4.17. The van der Waals surface area contributed by atoms with Gasteiger partial charge in [-0.3, -0.25) is 14.4 Å². The highest BCUT2D eigenvalue weighted by Gasteiger charge is 2.19. The number of thioether (sulfide) groups is 1. The van der Waals surface area contributed by atoms with Crippen LogP contribution in [0.4, 0.5) is 11.4 Å². The number of nitrogens with one attached hydrogen (secondary N) is 3. The number of hydrogen-bond donors (Lipinski definition) is 5. The summed E-state index contributed by atoms with van der Waals surface area (Å²) < 4.78 is 10.7. The van der Waals surface area contributed by atoms with Crippen molar-refractivity contribution in [1.82, 2.24) is 5.32 Å². The van der Waals surface area contributed by atoms with Gasteiger partial charge in [-0.1, -0.05) is 24.3 Å². The number of carboxylic acid groups (broad SMARTS) is 1. The number of aromatic carboxylic acids is 1. The van der Waals surface area contributed by atoms with Crippen LogP contribution in [-0.2, 0) is 9.59 Å².